The first-order valence-corrected chi connectivity index (χ1v) is 10.1. The molecule has 1 saturated carbocycles. The number of imidazole rings is 1. The van der Waals surface area contributed by atoms with Gasteiger partial charge in [-0.3, -0.25) is 4.40 Å². The van der Waals surface area contributed by atoms with Crippen molar-refractivity contribution in [3.05, 3.63) is 72.3 Å². The number of aromatic nitrogens is 3. The Labute approximate surface area is 170 Å². The molecule has 0 atom stereocenters. The molecule has 0 radical (unpaired) electrons. The van der Waals surface area contributed by atoms with Gasteiger partial charge in [0.25, 0.3) is 0 Å². The molecule has 146 valence electrons. The van der Waals surface area contributed by atoms with Gasteiger partial charge in [-0.2, -0.15) is 0 Å². The first kappa shape index (κ1) is 17.7. The Morgan fingerprint density at radius 1 is 1.07 bits per heavy atom. The van der Waals surface area contributed by atoms with Crippen molar-refractivity contribution < 1.29 is 4.74 Å². The van der Waals surface area contributed by atoms with Gasteiger partial charge in [-0.25, -0.2) is 9.97 Å². The van der Waals surface area contributed by atoms with E-state index in [1.807, 2.05) is 49.8 Å². The molecule has 1 N–H and O–H groups in total. The zero-order valence-electron chi connectivity index (χ0n) is 16.7. The van der Waals surface area contributed by atoms with Gasteiger partial charge in [0, 0.05) is 30.9 Å². The van der Waals surface area contributed by atoms with Gasteiger partial charge in [0.2, 0.25) is 0 Å². The molecule has 0 bridgehead atoms. The van der Waals surface area contributed by atoms with Crippen molar-refractivity contribution in [2.75, 3.05) is 12.4 Å². The van der Waals surface area contributed by atoms with Crippen molar-refractivity contribution >= 4 is 11.3 Å². The Balaban J connectivity index is 1.54. The summed E-state index contributed by atoms with van der Waals surface area (Å²) in [6.45, 7) is 2.05. The van der Waals surface area contributed by atoms with Gasteiger partial charge in [-0.1, -0.05) is 24.6 Å². The monoisotopic (exact) mass is 384 g/mol. The number of hydrogen-bond donors (Lipinski definition) is 1. The maximum Gasteiger partial charge on any atom is 0.152 e. The lowest BCUT2D eigenvalue weighted by molar-refractivity contribution is 0.400. The minimum atomic E-state index is 0.534. The molecular formula is C24H24N4O. The second-order valence-electron chi connectivity index (χ2n) is 7.58. The summed E-state index contributed by atoms with van der Waals surface area (Å²) < 4.78 is 8.26. The van der Waals surface area contributed by atoms with E-state index in [2.05, 4.69) is 39.8 Å². The molecule has 0 spiro atoms. The smallest absolute Gasteiger partial charge is 0.152 e. The Morgan fingerprint density at radius 2 is 1.86 bits per heavy atom. The van der Waals surface area contributed by atoms with Crippen LogP contribution in [0.4, 0.5) is 5.82 Å². The largest absolute Gasteiger partial charge is 0.457 e. The summed E-state index contributed by atoms with van der Waals surface area (Å²) in [5.74, 6) is 4.22. The second-order valence-corrected chi connectivity index (χ2v) is 7.58. The average Bonchev–Trinajstić information content (AvgIpc) is 3.08. The topological polar surface area (TPSA) is 51.5 Å². The number of hydrogen-bond acceptors (Lipinski definition) is 4. The molecule has 4 aromatic rings. The molecule has 0 unspecified atom stereocenters. The fourth-order valence-corrected chi connectivity index (χ4v) is 3.88. The van der Waals surface area contributed by atoms with Crippen molar-refractivity contribution in [3.8, 4) is 22.8 Å². The fraction of sp³-hybridized carbons (Fsp3) is 0.250. The van der Waals surface area contributed by atoms with Crippen LogP contribution in [0.3, 0.4) is 0 Å². The van der Waals surface area contributed by atoms with E-state index in [0.717, 1.165) is 45.5 Å². The molecule has 2 heterocycles. The summed E-state index contributed by atoms with van der Waals surface area (Å²) in [6.07, 6.45) is 7.56. The van der Waals surface area contributed by atoms with Gasteiger partial charge >= 0.3 is 0 Å². The number of ether oxygens (including phenoxy) is 1. The number of nitrogens with zero attached hydrogens (tertiary/aromatic N) is 3. The van der Waals surface area contributed by atoms with Crippen LogP contribution < -0.4 is 10.1 Å². The molecule has 29 heavy (non-hydrogen) atoms. The zero-order chi connectivity index (χ0) is 19.8. The highest BCUT2D eigenvalue weighted by Gasteiger charge is 2.27. The molecule has 0 amide bonds. The van der Waals surface area contributed by atoms with Crippen LogP contribution in [-0.2, 0) is 0 Å². The molecule has 5 rings (SSSR count). The second kappa shape index (κ2) is 7.24. The molecule has 1 aliphatic rings. The number of para-hydroxylation sites is 1. The average molecular weight is 384 g/mol. The molecule has 5 heteroatoms. The van der Waals surface area contributed by atoms with Gasteiger partial charge in [0.15, 0.2) is 5.82 Å². The van der Waals surface area contributed by atoms with Gasteiger partial charge in [-0.15, -0.1) is 0 Å². The first-order chi connectivity index (χ1) is 14.2. The van der Waals surface area contributed by atoms with E-state index in [1.165, 1.54) is 19.3 Å². The van der Waals surface area contributed by atoms with E-state index in [-0.39, 0.29) is 0 Å². The van der Waals surface area contributed by atoms with Crippen molar-refractivity contribution in [1.82, 2.24) is 14.4 Å². The maximum atomic E-state index is 6.05. The minimum Gasteiger partial charge on any atom is -0.457 e. The van der Waals surface area contributed by atoms with E-state index in [1.54, 1.807) is 0 Å². The van der Waals surface area contributed by atoms with Crippen LogP contribution in [0.25, 0.3) is 16.8 Å². The van der Waals surface area contributed by atoms with Crippen LogP contribution in [0.1, 0.15) is 36.6 Å². The van der Waals surface area contributed by atoms with E-state index < -0.39 is 0 Å². The van der Waals surface area contributed by atoms with Crippen molar-refractivity contribution in [3.63, 3.8) is 0 Å². The number of aryl methyl sites for hydroxylation is 1. The third-order valence-electron chi connectivity index (χ3n) is 5.74. The molecule has 2 aromatic carbocycles. The Kier molecular flexibility index (Phi) is 4.43. The summed E-state index contributed by atoms with van der Waals surface area (Å²) in [7, 11) is 1.90. The fourth-order valence-electron chi connectivity index (χ4n) is 3.88. The van der Waals surface area contributed by atoms with Gasteiger partial charge in [0.05, 0.1) is 0 Å². The molecule has 0 aliphatic heterocycles. The van der Waals surface area contributed by atoms with E-state index in [9.17, 15) is 0 Å². The van der Waals surface area contributed by atoms with Gasteiger partial charge in [0.1, 0.15) is 28.5 Å². The van der Waals surface area contributed by atoms with Crippen LogP contribution in [0.15, 0.2) is 60.9 Å². The lowest BCUT2D eigenvalue weighted by Gasteiger charge is -2.23. The van der Waals surface area contributed by atoms with Crippen molar-refractivity contribution in [1.29, 1.82) is 0 Å². The summed E-state index contributed by atoms with van der Waals surface area (Å²) in [6, 6.07) is 16.2. The van der Waals surface area contributed by atoms with E-state index >= 15 is 0 Å². The normalized spacial score (nSPS) is 14.0. The number of nitrogens with one attached hydrogen (secondary N) is 1. The predicted molar refractivity (Wildman–Crippen MR) is 116 cm³/mol. The van der Waals surface area contributed by atoms with E-state index in [0.29, 0.717) is 5.92 Å². The minimum absolute atomic E-state index is 0.534. The van der Waals surface area contributed by atoms with Crippen LogP contribution in [0.2, 0.25) is 0 Å². The third kappa shape index (κ3) is 3.12. The summed E-state index contributed by atoms with van der Waals surface area (Å²) in [5, 5.41) is 3.22. The first-order valence-electron chi connectivity index (χ1n) is 10.1. The summed E-state index contributed by atoms with van der Waals surface area (Å²) in [5.41, 5.74) is 4.18. The lowest BCUT2D eigenvalue weighted by atomic mass is 9.85. The number of anilines is 1. The highest BCUT2D eigenvalue weighted by Crippen LogP contribution is 2.39. The number of rotatable bonds is 5. The number of fused-ring (bicyclic) bond motifs is 1. The standard InChI is InChI=1S/C24H24N4O/c1-16-6-3-4-9-20(16)29-19-12-10-17(11-13-19)21-22-23(25-2)26-14-15-28(22)24(27-21)18-7-5-8-18/h3-4,6,9-15,18H,5,7-8H2,1-2H3,(H,25,26). The molecular weight excluding hydrogens is 360 g/mol. The summed E-state index contributed by atoms with van der Waals surface area (Å²) >= 11 is 0. The highest BCUT2D eigenvalue weighted by molar-refractivity contribution is 5.86. The Hall–Kier alpha value is -3.34. The Morgan fingerprint density at radius 3 is 2.55 bits per heavy atom. The van der Waals surface area contributed by atoms with Crippen LogP contribution in [0, 0.1) is 6.92 Å². The molecule has 1 aliphatic carbocycles. The zero-order valence-corrected chi connectivity index (χ0v) is 16.7. The highest BCUT2D eigenvalue weighted by atomic mass is 16.5. The maximum absolute atomic E-state index is 6.05. The quantitative estimate of drug-likeness (QED) is 0.472. The van der Waals surface area contributed by atoms with Crippen LogP contribution in [0.5, 0.6) is 11.5 Å². The SMILES string of the molecule is CNc1nccn2c(C3CCC3)nc(-c3ccc(Oc4ccccc4C)cc3)c12. The van der Waals surface area contributed by atoms with Crippen LogP contribution >= 0.6 is 0 Å². The molecule has 0 saturated heterocycles. The number of benzene rings is 2. The van der Waals surface area contributed by atoms with Gasteiger partial charge in [-0.05, 0) is 55.7 Å². The van der Waals surface area contributed by atoms with Crippen LogP contribution in [-0.4, -0.2) is 21.4 Å². The molecule has 2 aromatic heterocycles. The molecule has 5 nitrogen and oxygen atoms in total. The predicted octanol–water partition coefficient (Wildman–Crippen LogP) is 5.81. The lowest BCUT2D eigenvalue weighted by Crippen LogP contribution is -2.12. The third-order valence-corrected chi connectivity index (χ3v) is 5.74. The van der Waals surface area contributed by atoms with Crippen molar-refractivity contribution in [2.24, 2.45) is 0 Å². The summed E-state index contributed by atoms with van der Waals surface area (Å²) in [4.78, 5) is 9.57. The van der Waals surface area contributed by atoms with Crippen molar-refractivity contribution in [2.45, 2.75) is 32.1 Å². The van der Waals surface area contributed by atoms with E-state index in [4.69, 9.17) is 9.72 Å². The Bertz CT molecular complexity index is 1160. The molecule has 1 fully saturated rings. The van der Waals surface area contributed by atoms with Gasteiger partial charge < -0.3 is 10.1 Å².